The lowest BCUT2D eigenvalue weighted by Gasteiger charge is -2.33. The van der Waals surface area contributed by atoms with E-state index in [9.17, 15) is 0 Å². The van der Waals surface area contributed by atoms with Crippen LogP contribution in [-0.4, -0.2) is 53.0 Å². The number of ether oxygens (including phenoxy) is 3. The molecule has 2 N–H and O–H groups in total. The number of aliphatic imine (C=N–C) groups is 1. The van der Waals surface area contributed by atoms with Crippen molar-refractivity contribution in [3.8, 4) is 17.2 Å². The largest absolute Gasteiger partial charge is 0.496 e. The maximum atomic E-state index is 5.53. The van der Waals surface area contributed by atoms with Gasteiger partial charge in [-0.15, -0.1) is 11.3 Å². The highest BCUT2D eigenvalue weighted by Gasteiger charge is 2.21. The summed E-state index contributed by atoms with van der Waals surface area (Å²) in [5.74, 6) is 2.87. The lowest BCUT2D eigenvalue weighted by molar-refractivity contribution is 0.347. The van der Waals surface area contributed by atoms with Crippen molar-refractivity contribution in [3.63, 3.8) is 0 Å². The van der Waals surface area contributed by atoms with Crippen LogP contribution in [0.2, 0.25) is 0 Å². The van der Waals surface area contributed by atoms with E-state index in [2.05, 4.69) is 40.0 Å². The molecule has 0 amide bonds. The van der Waals surface area contributed by atoms with Crippen LogP contribution in [0.4, 0.5) is 5.00 Å². The second-order valence-corrected chi connectivity index (χ2v) is 8.00. The Hall–Kier alpha value is -2.61. The Bertz CT molecular complexity index is 818. The zero-order valence-electron chi connectivity index (χ0n) is 18.2. The van der Waals surface area contributed by atoms with Gasteiger partial charge in [-0.3, -0.25) is 0 Å². The van der Waals surface area contributed by atoms with Crippen LogP contribution in [0.25, 0.3) is 0 Å². The molecule has 0 atom stereocenters. The molecule has 8 heteroatoms. The summed E-state index contributed by atoms with van der Waals surface area (Å²) in [4.78, 5) is 7.25. The van der Waals surface area contributed by atoms with E-state index in [-0.39, 0.29) is 0 Å². The van der Waals surface area contributed by atoms with Crippen molar-refractivity contribution in [1.82, 2.24) is 10.6 Å². The standard InChI is InChI=1S/C22H32N4O3S/c1-5-23-22(25-17-8-10-26(11-9-17)21-7-6-12-30-21)24-15-16-13-19(28-3)20(29-4)14-18(16)27-2/h6-7,12-14,17H,5,8-11,15H2,1-4H3,(H2,23,24,25). The molecule has 7 nitrogen and oxygen atoms in total. The predicted octanol–water partition coefficient (Wildman–Crippen LogP) is 3.50. The topological polar surface area (TPSA) is 67.4 Å². The van der Waals surface area contributed by atoms with Crippen molar-refractivity contribution in [2.45, 2.75) is 32.4 Å². The second kappa shape index (κ2) is 11.0. The van der Waals surface area contributed by atoms with E-state index < -0.39 is 0 Å². The fourth-order valence-electron chi connectivity index (χ4n) is 3.59. The zero-order valence-corrected chi connectivity index (χ0v) is 19.1. The Kier molecular flexibility index (Phi) is 8.07. The third-order valence-corrected chi connectivity index (χ3v) is 6.12. The van der Waals surface area contributed by atoms with Crippen LogP contribution in [0.5, 0.6) is 17.2 Å². The van der Waals surface area contributed by atoms with Crippen LogP contribution in [0.3, 0.4) is 0 Å². The van der Waals surface area contributed by atoms with Gasteiger partial charge in [-0.2, -0.15) is 0 Å². The van der Waals surface area contributed by atoms with Gasteiger partial charge in [-0.25, -0.2) is 4.99 Å². The molecule has 3 rings (SSSR count). The molecule has 0 bridgehead atoms. The van der Waals surface area contributed by atoms with Gasteiger partial charge in [0.25, 0.3) is 0 Å². The molecule has 1 aromatic carbocycles. The molecule has 1 fully saturated rings. The Morgan fingerprint density at radius 1 is 1.10 bits per heavy atom. The van der Waals surface area contributed by atoms with Gasteiger partial charge >= 0.3 is 0 Å². The molecule has 0 aliphatic carbocycles. The van der Waals surface area contributed by atoms with Gasteiger partial charge < -0.3 is 29.7 Å². The number of hydrogen-bond acceptors (Lipinski definition) is 6. The fourth-order valence-corrected chi connectivity index (χ4v) is 4.37. The highest BCUT2D eigenvalue weighted by Crippen LogP contribution is 2.35. The third kappa shape index (κ3) is 5.50. The first-order valence-corrected chi connectivity index (χ1v) is 11.2. The van der Waals surface area contributed by atoms with Gasteiger partial charge in [0, 0.05) is 37.3 Å². The zero-order chi connectivity index (χ0) is 21.3. The van der Waals surface area contributed by atoms with Gasteiger partial charge in [0.2, 0.25) is 0 Å². The molecule has 0 radical (unpaired) electrons. The van der Waals surface area contributed by atoms with Crippen molar-refractivity contribution < 1.29 is 14.2 Å². The van der Waals surface area contributed by atoms with Crippen molar-refractivity contribution in [1.29, 1.82) is 0 Å². The molecule has 1 aliphatic rings. The normalized spacial score (nSPS) is 15.1. The van der Waals surface area contributed by atoms with Crippen LogP contribution in [-0.2, 0) is 6.54 Å². The van der Waals surface area contributed by atoms with Crippen molar-refractivity contribution in [3.05, 3.63) is 35.2 Å². The maximum Gasteiger partial charge on any atom is 0.191 e. The van der Waals surface area contributed by atoms with Gasteiger partial charge in [0.15, 0.2) is 17.5 Å². The van der Waals surface area contributed by atoms with E-state index in [1.54, 1.807) is 32.7 Å². The highest BCUT2D eigenvalue weighted by atomic mass is 32.1. The molecule has 1 aliphatic heterocycles. The summed E-state index contributed by atoms with van der Waals surface area (Å²) >= 11 is 1.81. The summed E-state index contributed by atoms with van der Waals surface area (Å²) in [6.45, 7) is 5.48. The molecular formula is C22H32N4O3S. The van der Waals surface area contributed by atoms with E-state index >= 15 is 0 Å². The molecule has 2 heterocycles. The summed E-state index contributed by atoms with van der Waals surface area (Å²) in [6, 6.07) is 8.48. The Morgan fingerprint density at radius 3 is 2.40 bits per heavy atom. The highest BCUT2D eigenvalue weighted by molar-refractivity contribution is 7.14. The number of guanidine groups is 1. The summed E-state index contributed by atoms with van der Waals surface area (Å²) in [5.41, 5.74) is 0.944. The maximum absolute atomic E-state index is 5.53. The minimum atomic E-state index is 0.409. The summed E-state index contributed by atoms with van der Waals surface area (Å²) in [7, 11) is 4.90. The minimum Gasteiger partial charge on any atom is -0.496 e. The van der Waals surface area contributed by atoms with E-state index in [0.29, 0.717) is 24.1 Å². The lowest BCUT2D eigenvalue weighted by Crippen LogP contribution is -2.48. The second-order valence-electron chi connectivity index (χ2n) is 7.07. The van der Waals surface area contributed by atoms with Crippen molar-refractivity contribution in [2.75, 3.05) is 45.9 Å². The molecule has 2 aromatic rings. The van der Waals surface area contributed by atoms with Crippen molar-refractivity contribution >= 4 is 22.3 Å². The number of rotatable bonds is 8. The number of benzene rings is 1. The molecule has 164 valence electrons. The Morgan fingerprint density at radius 2 is 1.80 bits per heavy atom. The Labute approximate surface area is 183 Å². The first kappa shape index (κ1) is 22.1. The number of hydrogen-bond donors (Lipinski definition) is 2. The summed E-state index contributed by atoms with van der Waals surface area (Å²) in [6.07, 6.45) is 2.17. The number of piperidine rings is 1. The minimum absolute atomic E-state index is 0.409. The lowest BCUT2D eigenvalue weighted by atomic mass is 10.1. The first-order valence-electron chi connectivity index (χ1n) is 10.3. The average molecular weight is 433 g/mol. The summed E-state index contributed by atoms with van der Waals surface area (Å²) < 4.78 is 16.3. The van der Waals surface area contributed by atoms with Crippen molar-refractivity contribution in [2.24, 2.45) is 4.99 Å². The number of nitrogens with one attached hydrogen (secondary N) is 2. The fraction of sp³-hybridized carbons (Fsp3) is 0.500. The van der Waals surface area contributed by atoms with Gasteiger partial charge in [0.1, 0.15) is 5.75 Å². The quantitative estimate of drug-likeness (QED) is 0.492. The SMILES string of the molecule is CCNC(=NCc1cc(OC)c(OC)cc1OC)NC1CCN(c2cccs2)CC1. The molecular weight excluding hydrogens is 400 g/mol. The monoisotopic (exact) mass is 432 g/mol. The molecule has 1 saturated heterocycles. The van der Waals surface area contributed by atoms with Gasteiger partial charge in [-0.1, -0.05) is 0 Å². The van der Waals surface area contributed by atoms with Gasteiger partial charge in [-0.05, 0) is 43.3 Å². The molecule has 1 aromatic heterocycles. The van der Waals surface area contributed by atoms with E-state index in [4.69, 9.17) is 19.2 Å². The average Bonchev–Trinajstić information content (AvgIpc) is 3.32. The smallest absolute Gasteiger partial charge is 0.191 e. The van der Waals surface area contributed by atoms with E-state index in [1.807, 2.05) is 12.1 Å². The number of methoxy groups -OCH3 is 3. The summed E-state index contributed by atoms with van der Waals surface area (Å²) in [5, 5.41) is 10.5. The van der Waals surface area contributed by atoms with Crippen LogP contribution >= 0.6 is 11.3 Å². The van der Waals surface area contributed by atoms with Crippen LogP contribution in [0.15, 0.2) is 34.6 Å². The van der Waals surface area contributed by atoms with Gasteiger partial charge in [0.05, 0.1) is 32.9 Å². The number of nitrogens with zero attached hydrogens (tertiary/aromatic N) is 2. The number of anilines is 1. The van der Waals surface area contributed by atoms with E-state index in [1.165, 1.54) is 5.00 Å². The van der Waals surface area contributed by atoms with Crippen LogP contribution in [0.1, 0.15) is 25.3 Å². The molecule has 0 spiro atoms. The predicted molar refractivity (Wildman–Crippen MR) is 124 cm³/mol. The first-order chi connectivity index (χ1) is 14.7. The molecule has 0 saturated carbocycles. The van der Waals surface area contributed by atoms with E-state index in [0.717, 1.165) is 49.7 Å². The third-order valence-electron chi connectivity index (χ3n) is 5.19. The Balaban J connectivity index is 1.65. The van der Waals surface area contributed by atoms with Crippen LogP contribution in [0, 0.1) is 0 Å². The van der Waals surface area contributed by atoms with Crippen LogP contribution < -0.4 is 29.7 Å². The number of thiophene rings is 1. The molecule has 30 heavy (non-hydrogen) atoms. The molecule has 0 unspecified atom stereocenters.